The monoisotopic (exact) mass is 319 g/mol. The van der Waals surface area contributed by atoms with Crippen molar-refractivity contribution in [1.82, 2.24) is 19.9 Å². The summed E-state index contributed by atoms with van der Waals surface area (Å²) in [5.41, 5.74) is 2.64. The quantitative estimate of drug-likeness (QED) is 0.800. The van der Waals surface area contributed by atoms with Gasteiger partial charge in [0, 0.05) is 43.8 Å². The highest BCUT2D eigenvalue weighted by Crippen LogP contribution is 2.21. The van der Waals surface area contributed by atoms with E-state index >= 15 is 0 Å². The number of carbonyl (C=O) groups is 1. The van der Waals surface area contributed by atoms with Crippen LogP contribution >= 0.6 is 0 Å². The normalized spacial score (nSPS) is 10.2. The van der Waals surface area contributed by atoms with Gasteiger partial charge in [0.15, 0.2) is 0 Å². The molecule has 0 aliphatic carbocycles. The Labute approximate surface area is 140 Å². The number of pyridine rings is 1. The molecule has 0 atom stereocenters. The zero-order valence-corrected chi connectivity index (χ0v) is 13.5. The highest BCUT2D eigenvalue weighted by molar-refractivity contribution is 5.94. The number of benzene rings is 1. The number of anilines is 2. The molecule has 6 nitrogen and oxygen atoms in total. The van der Waals surface area contributed by atoms with Crippen LogP contribution in [0.3, 0.4) is 0 Å². The van der Waals surface area contributed by atoms with E-state index in [-0.39, 0.29) is 5.91 Å². The molecule has 3 aromatic rings. The summed E-state index contributed by atoms with van der Waals surface area (Å²) in [6.45, 7) is 0. The summed E-state index contributed by atoms with van der Waals surface area (Å²) < 4.78 is 0. The van der Waals surface area contributed by atoms with E-state index < -0.39 is 0 Å². The van der Waals surface area contributed by atoms with Crippen LogP contribution in [0.1, 0.15) is 10.4 Å². The topological polar surface area (TPSA) is 71.0 Å². The van der Waals surface area contributed by atoms with Gasteiger partial charge in [0.1, 0.15) is 11.6 Å². The molecule has 0 fully saturated rings. The summed E-state index contributed by atoms with van der Waals surface area (Å²) >= 11 is 0. The number of rotatable bonds is 4. The maximum absolute atomic E-state index is 11.9. The van der Waals surface area contributed by atoms with Crippen molar-refractivity contribution >= 4 is 17.5 Å². The summed E-state index contributed by atoms with van der Waals surface area (Å²) in [6, 6.07) is 11.3. The smallest absolute Gasteiger partial charge is 0.253 e. The Hall–Kier alpha value is -3.28. The minimum Gasteiger partial charge on any atom is -0.345 e. The molecule has 120 valence electrons. The first kappa shape index (κ1) is 15.6. The first-order chi connectivity index (χ1) is 11.6. The van der Waals surface area contributed by atoms with Crippen LogP contribution in [0.4, 0.5) is 11.6 Å². The summed E-state index contributed by atoms with van der Waals surface area (Å²) in [5, 5.41) is 3.08. The first-order valence-electron chi connectivity index (χ1n) is 7.44. The van der Waals surface area contributed by atoms with Gasteiger partial charge in [0.2, 0.25) is 0 Å². The van der Waals surface area contributed by atoms with Crippen molar-refractivity contribution in [3.05, 3.63) is 66.7 Å². The minimum absolute atomic E-state index is 0.0109. The molecule has 24 heavy (non-hydrogen) atoms. The third-order valence-corrected chi connectivity index (χ3v) is 3.45. The first-order valence-corrected chi connectivity index (χ1v) is 7.44. The fourth-order valence-electron chi connectivity index (χ4n) is 2.20. The highest BCUT2D eigenvalue weighted by atomic mass is 16.2. The molecule has 0 unspecified atom stereocenters. The maximum Gasteiger partial charge on any atom is 0.253 e. The van der Waals surface area contributed by atoms with Gasteiger partial charge in [-0.2, -0.15) is 0 Å². The number of aromatic nitrogens is 3. The van der Waals surface area contributed by atoms with Gasteiger partial charge < -0.3 is 10.2 Å². The lowest BCUT2D eigenvalue weighted by molar-refractivity contribution is 0.0827. The van der Waals surface area contributed by atoms with Crippen LogP contribution in [0.2, 0.25) is 0 Å². The molecule has 0 saturated carbocycles. The number of nitrogens with zero attached hydrogens (tertiary/aromatic N) is 4. The van der Waals surface area contributed by atoms with E-state index in [1.54, 1.807) is 43.8 Å². The van der Waals surface area contributed by atoms with Gasteiger partial charge in [-0.05, 0) is 29.8 Å². The van der Waals surface area contributed by atoms with Gasteiger partial charge in [-0.25, -0.2) is 9.97 Å². The molecular weight excluding hydrogens is 302 g/mol. The molecule has 1 amide bonds. The van der Waals surface area contributed by atoms with E-state index in [2.05, 4.69) is 20.3 Å². The molecule has 0 radical (unpaired) electrons. The minimum atomic E-state index is -0.0109. The van der Waals surface area contributed by atoms with Crippen LogP contribution < -0.4 is 5.32 Å². The molecule has 0 aliphatic rings. The predicted octanol–water partition coefficient (Wildman–Crippen LogP) is 2.98. The van der Waals surface area contributed by atoms with Crippen molar-refractivity contribution in [1.29, 1.82) is 0 Å². The van der Waals surface area contributed by atoms with Gasteiger partial charge in [-0.3, -0.25) is 9.78 Å². The van der Waals surface area contributed by atoms with Crippen LogP contribution in [0.25, 0.3) is 11.1 Å². The van der Waals surface area contributed by atoms with Crippen molar-refractivity contribution in [2.75, 3.05) is 19.4 Å². The zero-order valence-electron chi connectivity index (χ0n) is 13.5. The zero-order chi connectivity index (χ0) is 16.9. The second kappa shape index (κ2) is 6.87. The largest absolute Gasteiger partial charge is 0.345 e. The van der Waals surface area contributed by atoms with E-state index in [1.165, 1.54) is 0 Å². The van der Waals surface area contributed by atoms with Crippen LogP contribution in [0.15, 0.2) is 61.2 Å². The van der Waals surface area contributed by atoms with Gasteiger partial charge >= 0.3 is 0 Å². The Kier molecular flexibility index (Phi) is 4.47. The number of amides is 1. The summed E-state index contributed by atoms with van der Waals surface area (Å²) in [4.78, 5) is 26.0. The summed E-state index contributed by atoms with van der Waals surface area (Å²) in [6.07, 6.45) is 6.65. The Balaban J connectivity index is 1.75. The number of hydrogen-bond donors (Lipinski definition) is 1. The maximum atomic E-state index is 11.9. The Morgan fingerprint density at radius 3 is 2.21 bits per heavy atom. The molecule has 0 saturated heterocycles. The molecule has 2 aromatic heterocycles. The molecule has 1 N–H and O–H groups in total. The van der Waals surface area contributed by atoms with E-state index in [4.69, 9.17) is 0 Å². The average molecular weight is 319 g/mol. The second-order valence-electron chi connectivity index (χ2n) is 5.42. The second-order valence-corrected chi connectivity index (χ2v) is 5.42. The molecule has 3 rings (SSSR count). The fourth-order valence-corrected chi connectivity index (χ4v) is 2.20. The van der Waals surface area contributed by atoms with Gasteiger partial charge in [0.25, 0.3) is 5.91 Å². The lowest BCUT2D eigenvalue weighted by Gasteiger charge is -2.10. The molecular formula is C18H17N5O. The molecule has 0 aliphatic heterocycles. The summed E-state index contributed by atoms with van der Waals surface area (Å²) in [5.74, 6) is 1.33. The van der Waals surface area contributed by atoms with Crippen LogP contribution in [-0.2, 0) is 0 Å². The number of carbonyl (C=O) groups excluding carboxylic acids is 1. The average Bonchev–Trinajstić information content (AvgIpc) is 2.63. The number of nitrogens with one attached hydrogen (secondary N) is 1. The van der Waals surface area contributed by atoms with Crippen LogP contribution in [0.5, 0.6) is 0 Å². The standard InChI is InChI=1S/C18H17N5O/c1-23(2)18(24)14-5-3-13(4-6-14)15-7-8-16(21-11-15)22-17-12-19-9-10-20-17/h3-12H,1-2H3,(H,20,21,22). The van der Waals surface area contributed by atoms with Crippen molar-refractivity contribution in [3.63, 3.8) is 0 Å². The number of hydrogen-bond acceptors (Lipinski definition) is 5. The lowest BCUT2D eigenvalue weighted by atomic mass is 10.1. The SMILES string of the molecule is CN(C)C(=O)c1ccc(-c2ccc(Nc3cnccn3)nc2)cc1. The summed E-state index contributed by atoms with van der Waals surface area (Å²) in [7, 11) is 3.48. The van der Waals surface area contributed by atoms with E-state index in [9.17, 15) is 4.79 Å². The molecule has 0 bridgehead atoms. The van der Waals surface area contributed by atoms with Crippen molar-refractivity contribution in [2.24, 2.45) is 0 Å². The Morgan fingerprint density at radius 2 is 1.62 bits per heavy atom. The van der Waals surface area contributed by atoms with Gasteiger partial charge in [0.05, 0.1) is 6.20 Å². The van der Waals surface area contributed by atoms with Gasteiger partial charge in [-0.1, -0.05) is 12.1 Å². The Morgan fingerprint density at radius 1 is 0.875 bits per heavy atom. The third-order valence-electron chi connectivity index (χ3n) is 3.45. The molecule has 6 heteroatoms. The van der Waals surface area contributed by atoms with Crippen molar-refractivity contribution in [3.8, 4) is 11.1 Å². The predicted molar refractivity (Wildman–Crippen MR) is 93.0 cm³/mol. The van der Waals surface area contributed by atoms with Crippen LogP contribution in [-0.4, -0.2) is 39.9 Å². The van der Waals surface area contributed by atoms with Crippen LogP contribution in [0, 0.1) is 0 Å². The van der Waals surface area contributed by atoms with Gasteiger partial charge in [-0.15, -0.1) is 0 Å². The fraction of sp³-hybridized carbons (Fsp3) is 0.111. The molecule has 1 aromatic carbocycles. The van der Waals surface area contributed by atoms with Crippen molar-refractivity contribution < 1.29 is 4.79 Å². The third kappa shape index (κ3) is 3.55. The van der Waals surface area contributed by atoms with E-state index in [1.807, 2.05) is 36.4 Å². The van der Waals surface area contributed by atoms with E-state index in [0.717, 1.165) is 11.1 Å². The lowest BCUT2D eigenvalue weighted by Crippen LogP contribution is -2.21. The highest BCUT2D eigenvalue weighted by Gasteiger charge is 2.08. The Bertz CT molecular complexity index is 814. The van der Waals surface area contributed by atoms with E-state index in [0.29, 0.717) is 17.2 Å². The van der Waals surface area contributed by atoms with Crippen molar-refractivity contribution in [2.45, 2.75) is 0 Å². The molecule has 0 spiro atoms. The molecule has 2 heterocycles.